The summed E-state index contributed by atoms with van der Waals surface area (Å²) < 4.78 is 0. The molecule has 1 aromatic rings. The van der Waals surface area contributed by atoms with Gasteiger partial charge in [-0.2, -0.15) is 0 Å². The molecule has 0 fully saturated rings. The van der Waals surface area contributed by atoms with Gasteiger partial charge in [0, 0.05) is 17.2 Å². The predicted octanol–water partition coefficient (Wildman–Crippen LogP) is 3.21. The van der Waals surface area contributed by atoms with Crippen LogP contribution in [0.4, 0.5) is 0 Å². The SMILES string of the molecule is CC(C)C(CN)Cc1nc(C(C)(C)C)cs1. The quantitative estimate of drug-likeness (QED) is 0.877. The minimum atomic E-state index is 0.158. The maximum atomic E-state index is 5.79. The number of hydrogen-bond acceptors (Lipinski definition) is 3. The second-order valence-electron chi connectivity index (χ2n) is 5.82. The van der Waals surface area contributed by atoms with Crippen LogP contribution in [-0.2, 0) is 11.8 Å². The number of nitrogens with two attached hydrogens (primary N) is 1. The molecule has 16 heavy (non-hydrogen) atoms. The van der Waals surface area contributed by atoms with E-state index in [0.717, 1.165) is 13.0 Å². The molecule has 2 nitrogen and oxygen atoms in total. The minimum absolute atomic E-state index is 0.158. The third kappa shape index (κ3) is 3.56. The molecule has 1 aromatic heterocycles. The van der Waals surface area contributed by atoms with Gasteiger partial charge in [-0.1, -0.05) is 34.6 Å². The Bertz CT molecular complexity index is 323. The van der Waals surface area contributed by atoms with Crippen LogP contribution in [0.25, 0.3) is 0 Å². The first kappa shape index (κ1) is 13.7. The van der Waals surface area contributed by atoms with Gasteiger partial charge >= 0.3 is 0 Å². The smallest absolute Gasteiger partial charge is 0.0931 e. The van der Waals surface area contributed by atoms with Gasteiger partial charge in [-0.3, -0.25) is 0 Å². The number of rotatable bonds is 4. The van der Waals surface area contributed by atoms with Crippen molar-refractivity contribution in [2.45, 2.75) is 46.5 Å². The molecule has 0 saturated carbocycles. The zero-order chi connectivity index (χ0) is 12.3. The summed E-state index contributed by atoms with van der Waals surface area (Å²) in [7, 11) is 0. The normalized spacial score (nSPS) is 14.4. The van der Waals surface area contributed by atoms with Gasteiger partial charge in [-0.05, 0) is 18.4 Å². The van der Waals surface area contributed by atoms with E-state index in [1.54, 1.807) is 11.3 Å². The van der Waals surface area contributed by atoms with Crippen LogP contribution >= 0.6 is 11.3 Å². The third-order valence-electron chi connectivity index (χ3n) is 3.00. The van der Waals surface area contributed by atoms with Crippen molar-refractivity contribution in [3.63, 3.8) is 0 Å². The summed E-state index contributed by atoms with van der Waals surface area (Å²) in [5, 5.41) is 3.41. The summed E-state index contributed by atoms with van der Waals surface area (Å²) in [6.45, 7) is 11.8. The molecule has 0 aromatic carbocycles. The molecule has 3 heteroatoms. The summed E-state index contributed by atoms with van der Waals surface area (Å²) >= 11 is 1.77. The van der Waals surface area contributed by atoms with E-state index in [0.29, 0.717) is 11.8 Å². The fraction of sp³-hybridized carbons (Fsp3) is 0.769. The Morgan fingerprint density at radius 1 is 1.38 bits per heavy atom. The average Bonchev–Trinajstić information content (AvgIpc) is 2.61. The Morgan fingerprint density at radius 3 is 2.38 bits per heavy atom. The summed E-state index contributed by atoms with van der Waals surface area (Å²) in [5.41, 5.74) is 7.15. The zero-order valence-corrected chi connectivity index (χ0v) is 11.9. The Balaban J connectivity index is 2.72. The standard InChI is InChI=1S/C13H24N2S/c1-9(2)10(7-14)6-12-15-11(8-16-12)13(3,4)5/h8-10H,6-7,14H2,1-5H3. The average molecular weight is 240 g/mol. The van der Waals surface area contributed by atoms with Gasteiger partial charge in [-0.15, -0.1) is 11.3 Å². The summed E-state index contributed by atoms with van der Waals surface area (Å²) in [6, 6.07) is 0. The van der Waals surface area contributed by atoms with Crippen LogP contribution in [0.15, 0.2) is 5.38 Å². The van der Waals surface area contributed by atoms with Gasteiger partial charge in [0.1, 0.15) is 0 Å². The van der Waals surface area contributed by atoms with E-state index >= 15 is 0 Å². The fourth-order valence-electron chi connectivity index (χ4n) is 1.56. The van der Waals surface area contributed by atoms with E-state index in [1.807, 2.05) is 0 Å². The summed E-state index contributed by atoms with van der Waals surface area (Å²) in [5.74, 6) is 1.19. The molecule has 1 unspecified atom stereocenters. The first-order valence-electron chi connectivity index (χ1n) is 5.99. The predicted molar refractivity (Wildman–Crippen MR) is 71.9 cm³/mol. The van der Waals surface area contributed by atoms with E-state index < -0.39 is 0 Å². The molecule has 1 atom stereocenters. The largest absolute Gasteiger partial charge is 0.330 e. The van der Waals surface area contributed by atoms with Crippen LogP contribution in [-0.4, -0.2) is 11.5 Å². The van der Waals surface area contributed by atoms with E-state index in [4.69, 9.17) is 10.7 Å². The van der Waals surface area contributed by atoms with E-state index in [9.17, 15) is 0 Å². The zero-order valence-electron chi connectivity index (χ0n) is 11.1. The molecular weight excluding hydrogens is 216 g/mol. The van der Waals surface area contributed by atoms with Crippen molar-refractivity contribution >= 4 is 11.3 Å². The first-order valence-corrected chi connectivity index (χ1v) is 6.87. The summed E-state index contributed by atoms with van der Waals surface area (Å²) in [4.78, 5) is 4.71. The van der Waals surface area contributed by atoms with Crippen molar-refractivity contribution in [1.29, 1.82) is 0 Å². The van der Waals surface area contributed by atoms with Gasteiger partial charge in [0.15, 0.2) is 0 Å². The number of thiazole rings is 1. The van der Waals surface area contributed by atoms with Crippen molar-refractivity contribution in [3.05, 3.63) is 16.1 Å². The second kappa shape index (κ2) is 5.28. The Labute approximate surface area is 103 Å². The van der Waals surface area contributed by atoms with Gasteiger partial charge in [0.05, 0.1) is 10.7 Å². The first-order chi connectivity index (χ1) is 7.34. The van der Waals surface area contributed by atoms with Crippen LogP contribution in [0.5, 0.6) is 0 Å². The van der Waals surface area contributed by atoms with Crippen molar-refractivity contribution < 1.29 is 0 Å². The highest BCUT2D eigenvalue weighted by molar-refractivity contribution is 7.09. The maximum absolute atomic E-state index is 5.79. The maximum Gasteiger partial charge on any atom is 0.0931 e. The van der Waals surface area contributed by atoms with Gasteiger partial charge in [0.25, 0.3) is 0 Å². The van der Waals surface area contributed by atoms with Crippen molar-refractivity contribution in [3.8, 4) is 0 Å². The third-order valence-corrected chi connectivity index (χ3v) is 3.87. The van der Waals surface area contributed by atoms with Crippen LogP contribution in [0.2, 0.25) is 0 Å². The molecule has 0 radical (unpaired) electrons. The molecule has 0 amide bonds. The lowest BCUT2D eigenvalue weighted by Gasteiger charge is -2.17. The molecule has 2 N–H and O–H groups in total. The molecule has 1 rings (SSSR count). The molecule has 0 aliphatic carbocycles. The van der Waals surface area contributed by atoms with Crippen molar-refractivity contribution in [1.82, 2.24) is 4.98 Å². The van der Waals surface area contributed by atoms with Gasteiger partial charge < -0.3 is 5.73 Å². The van der Waals surface area contributed by atoms with Gasteiger partial charge in [-0.25, -0.2) is 4.98 Å². The number of hydrogen-bond donors (Lipinski definition) is 1. The van der Waals surface area contributed by atoms with Crippen molar-refractivity contribution in [2.75, 3.05) is 6.54 Å². The Kier molecular flexibility index (Phi) is 4.51. The number of nitrogens with zero attached hydrogens (tertiary/aromatic N) is 1. The van der Waals surface area contributed by atoms with E-state index in [2.05, 4.69) is 40.0 Å². The lowest BCUT2D eigenvalue weighted by Crippen LogP contribution is -2.22. The molecule has 0 saturated heterocycles. The molecule has 92 valence electrons. The summed E-state index contributed by atoms with van der Waals surface area (Å²) in [6.07, 6.45) is 1.02. The Hall–Kier alpha value is -0.410. The molecular formula is C13H24N2S. The van der Waals surface area contributed by atoms with Gasteiger partial charge in [0.2, 0.25) is 0 Å². The van der Waals surface area contributed by atoms with E-state index in [-0.39, 0.29) is 5.41 Å². The fourth-order valence-corrected chi connectivity index (χ4v) is 2.68. The molecule has 0 spiro atoms. The van der Waals surface area contributed by atoms with Crippen LogP contribution in [0.1, 0.15) is 45.3 Å². The lowest BCUT2D eigenvalue weighted by atomic mass is 9.92. The van der Waals surface area contributed by atoms with Crippen LogP contribution in [0, 0.1) is 11.8 Å². The monoisotopic (exact) mass is 240 g/mol. The Morgan fingerprint density at radius 2 is 2.00 bits per heavy atom. The molecule has 0 aliphatic heterocycles. The highest BCUT2D eigenvalue weighted by Gasteiger charge is 2.19. The lowest BCUT2D eigenvalue weighted by molar-refractivity contribution is 0.390. The molecule has 0 aliphatic rings. The minimum Gasteiger partial charge on any atom is -0.330 e. The molecule has 1 heterocycles. The topological polar surface area (TPSA) is 38.9 Å². The van der Waals surface area contributed by atoms with Crippen LogP contribution in [0.3, 0.4) is 0 Å². The van der Waals surface area contributed by atoms with Crippen molar-refractivity contribution in [2.24, 2.45) is 17.6 Å². The number of aromatic nitrogens is 1. The molecule has 0 bridgehead atoms. The highest BCUT2D eigenvalue weighted by Crippen LogP contribution is 2.26. The van der Waals surface area contributed by atoms with E-state index in [1.165, 1.54) is 10.7 Å². The second-order valence-corrected chi connectivity index (χ2v) is 6.76. The van der Waals surface area contributed by atoms with Crippen LogP contribution < -0.4 is 5.73 Å². The highest BCUT2D eigenvalue weighted by atomic mass is 32.1.